The highest BCUT2D eigenvalue weighted by molar-refractivity contribution is 7.99. The second-order valence-electron chi connectivity index (χ2n) is 5.11. The SMILES string of the molecule is N#Cc1cnc(SCC(=O)c2ccc3c(c2)CCC3)nc1N. The molecule has 2 aromatic rings. The molecule has 1 aliphatic rings. The highest BCUT2D eigenvalue weighted by Gasteiger charge is 2.14. The average molecular weight is 310 g/mol. The first-order valence-corrected chi connectivity index (χ1v) is 7.96. The molecule has 0 aliphatic heterocycles. The zero-order valence-electron chi connectivity index (χ0n) is 11.9. The predicted molar refractivity (Wildman–Crippen MR) is 84.7 cm³/mol. The molecule has 1 heterocycles. The van der Waals surface area contributed by atoms with Crippen LogP contribution in [0.4, 0.5) is 5.82 Å². The third-order valence-electron chi connectivity index (χ3n) is 3.67. The fraction of sp³-hybridized carbons (Fsp3) is 0.250. The number of hydrogen-bond donors (Lipinski definition) is 1. The molecule has 3 rings (SSSR count). The number of fused-ring (bicyclic) bond motifs is 1. The molecule has 1 aliphatic carbocycles. The van der Waals surface area contributed by atoms with Gasteiger partial charge in [-0.15, -0.1) is 0 Å². The molecule has 0 radical (unpaired) electrons. The normalized spacial score (nSPS) is 12.7. The molecule has 0 fully saturated rings. The number of ketones is 1. The third-order valence-corrected chi connectivity index (χ3v) is 4.53. The Balaban J connectivity index is 1.67. The first-order valence-electron chi connectivity index (χ1n) is 6.98. The molecule has 0 unspecified atom stereocenters. The quantitative estimate of drug-likeness (QED) is 0.529. The van der Waals surface area contributed by atoms with Gasteiger partial charge < -0.3 is 5.73 Å². The number of nitriles is 1. The Hall–Kier alpha value is -2.39. The number of rotatable bonds is 4. The Morgan fingerprint density at radius 1 is 1.36 bits per heavy atom. The Bertz CT molecular complexity index is 782. The van der Waals surface area contributed by atoms with E-state index < -0.39 is 0 Å². The summed E-state index contributed by atoms with van der Waals surface area (Å²) in [7, 11) is 0. The van der Waals surface area contributed by atoms with Gasteiger partial charge in [-0.2, -0.15) is 5.26 Å². The number of nitrogens with two attached hydrogens (primary N) is 1. The minimum Gasteiger partial charge on any atom is -0.382 e. The van der Waals surface area contributed by atoms with Gasteiger partial charge in [-0.3, -0.25) is 4.79 Å². The predicted octanol–water partition coefficient (Wildman–Crippen LogP) is 2.39. The Morgan fingerprint density at radius 2 is 2.18 bits per heavy atom. The largest absolute Gasteiger partial charge is 0.382 e. The molecule has 6 heteroatoms. The van der Waals surface area contributed by atoms with E-state index in [9.17, 15) is 4.79 Å². The van der Waals surface area contributed by atoms with Gasteiger partial charge in [0.1, 0.15) is 17.5 Å². The summed E-state index contributed by atoms with van der Waals surface area (Å²) in [6.07, 6.45) is 4.71. The van der Waals surface area contributed by atoms with Crippen LogP contribution in [0, 0.1) is 11.3 Å². The van der Waals surface area contributed by atoms with Crippen LogP contribution in [0.25, 0.3) is 0 Å². The van der Waals surface area contributed by atoms with Crippen molar-refractivity contribution in [3.8, 4) is 6.07 Å². The van der Waals surface area contributed by atoms with Crippen LogP contribution in [0.1, 0.15) is 33.5 Å². The molecule has 1 aromatic carbocycles. The monoisotopic (exact) mass is 310 g/mol. The lowest BCUT2D eigenvalue weighted by Gasteiger charge is -2.04. The summed E-state index contributed by atoms with van der Waals surface area (Å²) in [4.78, 5) is 20.3. The maximum absolute atomic E-state index is 12.3. The summed E-state index contributed by atoms with van der Waals surface area (Å²) in [5.41, 5.74) is 9.26. The first kappa shape index (κ1) is 14.5. The van der Waals surface area contributed by atoms with Crippen LogP contribution >= 0.6 is 11.8 Å². The van der Waals surface area contributed by atoms with E-state index >= 15 is 0 Å². The maximum atomic E-state index is 12.3. The van der Waals surface area contributed by atoms with Crippen molar-refractivity contribution in [1.29, 1.82) is 5.26 Å². The maximum Gasteiger partial charge on any atom is 0.189 e. The number of carbonyl (C=O) groups is 1. The van der Waals surface area contributed by atoms with E-state index in [0.717, 1.165) is 18.4 Å². The number of aryl methyl sites for hydroxylation is 2. The summed E-state index contributed by atoms with van der Waals surface area (Å²) in [6, 6.07) is 7.85. The zero-order chi connectivity index (χ0) is 15.5. The van der Waals surface area contributed by atoms with E-state index in [2.05, 4.69) is 16.0 Å². The number of nitrogen functional groups attached to an aromatic ring is 1. The molecule has 0 spiro atoms. The Labute approximate surface area is 132 Å². The van der Waals surface area contributed by atoms with Crippen molar-refractivity contribution in [2.24, 2.45) is 0 Å². The lowest BCUT2D eigenvalue weighted by atomic mass is 10.0. The van der Waals surface area contributed by atoms with Gasteiger partial charge in [-0.25, -0.2) is 9.97 Å². The molecule has 110 valence electrons. The highest BCUT2D eigenvalue weighted by Crippen LogP contribution is 2.24. The molecular formula is C16H14N4OS. The van der Waals surface area contributed by atoms with Crippen molar-refractivity contribution >= 4 is 23.4 Å². The van der Waals surface area contributed by atoms with Crippen LogP contribution < -0.4 is 5.73 Å². The van der Waals surface area contributed by atoms with Gasteiger partial charge in [0.05, 0.1) is 11.9 Å². The van der Waals surface area contributed by atoms with Gasteiger partial charge in [0.2, 0.25) is 0 Å². The minimum absolute atomic E-state index is 0.0474. The van der Waals surface area contributed by atoms with E-state index in [4.69, 9.17) is 11.0 Å². The van der Waals surface area contributed by atoms with Crippen molar-refractivity contribution in [1.82, 2.24) is 9.97 Å². The standard InChI is InChI=1S/C16H14N4OS/c17-7-13-8-19-16(20-15(13)18)22-9-14(21)12-5-4-10-2-1-3-11(10)6-12/h4-6,8H,1-3,9H2,(H2,18,19,20). The van der Waals surface area contributed by atoms with Gasteiger partial charge in [-0.05, 0) is 36.5 Å². The molecule has 0 saturated heterocycles. The van der Waals surface area contributed by atoms with Crippen molar-refractivity contribution < 1.29 is 4.79 Å². The summed E-state index contributed by atoms with van der Waals surface area (Å²) in [6.45, 7) is 0. The summed E-state index contributed by atoms with van der Waals surface area (Å²) in [5, 5.41) is 9.19. The summed E-state index contributed by atoms with van der Waals surface area (Å²) >= 11 is 1.23. The number of benzene rings is 1. The molecule has 5 nitrogen and oxygen atoms in total. The number of Topliss-reactive ketones (excluding diaryl/α,β-unsaturated/α-hetero) is 1. The fourth-order valence-electron chi connectivity index (χ4n) is 2.49. The summed E-state index contributed by atoms with van der Waals surface area (Å²) < 4.78 is 0. The lowest BCUT2D eigenvalue weighted by molar-refractivity contribution is 0.102. The molecule has 0 amide bonds. The van der Waals surface area contributed by atoms with Crippen molar-refractivity contribution in [3.05, 3.63) is 46.6 Å². The van der Waals surface area contributed by atoms with Crippen LogP contribution in [-0.2, 0) is 12.8 Å². The lowest BCUT2D eigenvalue weighted by Crippen LogP contribution is -2.05. The minimum atomic E-state index is 0.0474. The Morgan fingerprint density at radius 3 is 2.95 bits per heavy atom. The zero-order valence-corrected chi connectivity index (χ0v) is 12.7. The van der Waals surface area contributed by atoms with E-state index in [0.29, 0.717) is 5.16 Å². The average Bonchev–Trinajstić information content (AvgIpc) is 3.00. The Kier molecular flexibility index (Phi) is 4.07. The highest BCUT2D eigenvalue weighted by atomic mass is 32.2. The number of carbonyl (C=O) groups excluding carboxylic acids is 1. The molecule has 0 atom stereocenters. The number of thioether (sulfide) groups is 1. The number of anilines is 1. The van der Waals surface area contributed by atoms with Gasteiger partial charge in [0.15, 0.2) is 10.9 Å². The van der Waals surface area contributed by atoms with Crippen molar-refractivity contribution in [2.45, 2.75) is 24.4 Å². The van der Waals surface area contributed by atoms with Gasteiger partial charge in [0.25, 0.3) is 0 Å². The second kappa shape index (κ2) is 6.16. The third kappa shape index (κ3) is 2.95. The molecule has 0 bridgehead atoms. The molecule has 22 heavy (non-hydrogen) atoms. The van der Waals surface area contributed by atoms with Crippen LogP contribution in [0.2, 0.25) is 0 Å². The fourth-order valence-corrected chi connectivity index (χ4v) is 3.21. The molecule has 2 N–H and O–H groups in total. The molecule has 0 saturated carbocycles. The first-order chi connectivity index (χ1) is 10.7. The van der Waals surface area contributed by atoms with Crippen LogP contribution in [0.15, 0.2) is 29.6 Å². The smallest absolute Gasteiger partial charge is 0.189 e. The van der Waals surface area contributed by atoms with Gasteiger partial charge in [-0.1, -0.05) is 23.9 Å². The molecular weight excluding hydrogens is 296 g/mol. The van der Waals surface area contributed by atoms with E-state index in [1.807, 2.05) is 18.2 Å². The molecule has 1 aromatic heterocycles. The van der Waals surface area contributed by atoms with E-state index in [1.54, 1.807) is 0 Å². The van der Waals surface area contributed by atoms with Gasteiger partial charge >= 0.3 is 0 Å². The van der Waals surface area contributed by atoms with Crippen LogP contribution in [-0.4, -0.2) is 21.5 Å². The van der Waals surface area contributed by atoms with Crippen molar-refractivity contribution in [3.63, 3.8) is 0 Å². The topological polar surface area (TPSA) is 92.7 Å². The van der Waals surface area contributed by atoms with Crippen molar-refractivity contribution in [2.75, 3.05) is 11.5 Å². The van der Waals surface area contributed by atoms with Crippen LogP contribution in [0.3, 0.4) is 0 Å². The van der Waals surface area contributed by atoms with Gasteiger partial charge in [0, 0.05) is 5.56 Å². The number of nitrogens with zero attached hydrogens (tertiary/aromatic N) is 3. The van der Waals surface area contributed by atoms with E-state index in [-0.39, 0.29) is 22.9 Å². The van der Waals surface area contributed by atoms with E-state index in [1.165, 1.54) is 35.5 Å². The number of aromatic nitrogens is 2. The van der Waals surface area contributed by atoms with Crippen LogP contribution in [0.5, 0.6) is 0 Å². The number of hydrogen-bond acceptors (Lipinski definition) is 6. The second-order valence-corrected chi connectivity index (χ2v) is 6.05. The summed E-state index contributed by atoms with van der Waals surface area (Å²) in [5.74, 6) is 0.445.